The van der Waals surface area contributed by atoms with Crippen LogP contribution in [0.2, 0.25) is 0 Å². The molecule has 0 saturated heterocycles. The van der Waals surface area contributed by atoms with Crippen molar-refractivity contribution in [1.29, 1.82) is 0 Å². The first-order valence-corrected chi connectivity index (χ1v) is 7.39. The summed E-state index contributed by atoms with van der Waals surface area (Å²) in [5.41, 5.74) is 2.14. The Morgan fingerprint density at radius 2 is 2.00 bits per heavy atom. The lowest BCUT2D eigenvalue weighted by molar-refractivity contribution is 0.177. The Bertz CT molecular complexity index is 791. The van der Waals surface area contributed by atoms with E-state index in [2.05, 4.69) is 20.9 Å². The van der Waals surface area contributed by atoms with E-state index in [0.717, 1.165) is 16.5 Å². The third kappa shape index (κ3) is 3.12. The molecule has 2 aromatic carbocycles. The molecule has 0 aliphatic heterocycles. The van der Waals surface area contributed by atoms with Gasteiger partial charge in [-0.3, -0.25) is 4.98 Å². The molecule has 2 nitrogen and oxygen atoms in total. The molecule has 3 aromatic rings. The topological polar surface area (TPSA) is 33.1 Å². The number of fused-ring (bicyclic) bond motifs is 1. The second-order valence-corrected chi connectivity index (χ2v) is 5.83. The van der Waals surface area contributed by atoms with Crippen LogP contribution in [0.3, 0.4) is 0 Å². The molecule has 1 unspecified atom stereocenters. The molecular formula is C17H13BrFNO. The highest BCUT2D eigenvalue weighted by atomic mass is 79.9. The van der Waals surface area contributed by atoms with Crippen molar-refractivity contribution >= 4 is 26.8 Å². The molecule has 0 aliphatic rings. The minimum Gasteiger partial charge on any atom is -0.388 e. The van der Waals surface area contributed by atoms with E-state index >= 15 is 0 Å². The van der Waals surface area contributed by atoms with Crippen LogP contribution < -0.4 is 0 Å². The van der Waals surface area contributed by atoms with Crippen LogP contribution in [0, 0.1) is 5.82 Å². The summed E-state index contributed by atoms with van der Waals surface area (Å²) < 4.78 is 14.5. The van der Waals surface area contributed by atoms with Crippen molar-refractivity contribution in [3.05, 3.63) is 76.1 Å². The fourth-order valence-corrected chi connectivity index (χ4v) is 2.65. The Balaban J connectivity index is 1.87. The summed E-state index contributed by atoms with van der Waals surface area (Å²) in [5, 5.41) is 11.3. The Morgan fingerprint density at radius 3 is 2.81 bits per heavy atom. The molecule has 106 valence electrons. The van der Waals surface area contributed by atoms with E-state index in [0.29, 0.717) is 10.0 Å². The molecular weight excluding hydrogens is 333 g/mol. The maximum Gasteiger partial charge on any atom is 0.127 e. The van der Waals surface area contributed by atoms with Crippen molar-refractivity contribution < 1.29 is 9.50 Å². The lowest BCUT2D eigenvalue weighted by Gasteiger charge is -2.12. The van der Waals surface area contributed by atoms with Gasteiger partial charge in [0.25, 0.3) is 0 Å². The Kier molecular flexibility index (Phi) is 3.99. The van der Waals surface area contributed by atoms with Crippen molar-refractivity contribution in [3.8, 4) is 0 Å². The third-order valence-corrected chi connectivity index (χ3v) is 3.93. The molecule has 4 heteroatoms. The SMILES string of the molecule is OC(Cc1ccc(Br)cc1F)c1ccc2ncccc2c1. The van der Waals surface area contributed by atoms with E-state index < -0.39 is 6.10 Å². The van der Waals surface area contributed by atoms with E-state index in [1.807, 2.05) is 30.3 Å². The zero-order chi connectivity index (χ0) is 14.8. The largest absolute Gasteiger partial charge is 0.388 e. The van der Waals surface area contributed by atoms with Crippen LogP contribution in [0.4, 0.5) is 4.39 Å². The molecule has 0 radical (unpaired) electrons. The molecule has 0 spiro atoms. The van der Waals surface area contributed by atoms with Gasteiger partial charge in [0.2, 0.25) is 0 Å². The van der Waals surface area contributed by atoms with Crippen LogP contribution in [0.1, 0.15) is 17.2 Å². The lowest BCUT2D eigenvalue weighted by Crippen LogP contribution is -2.03. The van der Waals surface area contributed by atoms with Gasteiger partial charge in [-0.15, -0.1) is 0 Å². The van der Waals surface area contributed by atoms with Gasteiger partial charge >= 0.3 is 0 Å². The monoisotopic (exact) mass is 345 g/mol. The molecule has 0 aliphatic carbocycles. The Labute approximate surface area is 130 Å². The Hall–Kier alpha value is -1.78. The summed E-state index contributed by atoms with van der Waals surface area (Å²) >= 11 is 3.23. The van der Waals surface area contributed by atoms with Crippen LogP contribution >= 0.6 is 15.9 Å². The van der Waals surface area contributed by atoms with Crippen LogP contribution in [0.15, 0.2) is 59.2 Å². The van der Waals surface area contributed by atoms with Gasteiger partial charge in [0, 0.05) is 22.5 Å². The number of aromatic nitrogens is 1. The first-order valence-electron chi connectivity index (χ1n) is 6.60. The molecule has 1 heterocycles. The molecule has 1 aromatic heterocycles. The number of hydrogen-bond acceptors (Lipinski definition) is 2. The second-order valence-electron chi connectivity index (χ2n) is 4.91. The predicted octanol–water partition coefficient (Wildman–Crippen LogP) is 4.41. The maximum atomic E-state index is 13.8. The summed E-state index contributed by atoms with van der Waals surface area (Å²) in [7, 11) is 0. The van der Waals surface area contributed by atoms with Gasteiger partial charge in [0.1, 0.15) is 5.82 Å². The van der Waals surface area contributed by atoms with Gasteiger partial charge in [-0.1, -0.05) is 34.1 Å². The van der Waals surface area contributed by atoms with Crippen LogP contribution in [0.5, 0.6) is 0 Å². The molecule has 0 saturated carbocycles. The quantitative estimate of drug-likeness (QED) is 0.762. The van der Waals surface area contributed by atoms with Crippen molar-refractivity contribution in [2.45, 2.75) is 12.5 Å². The first kappa shape index (κ1) is 14.2. The number of aliphatic hydroxyl groups excluding tert-OH is 1. The molecule has 0 bridgehead atoms. The van der Waals surface area contributed by atoms with Gasteiger partial charge in [-0.05, 0) is 41.5 Å². The smallest absolute Gasteiger partial charge is 0.127 e. The number of halogens is 2. The van der Waals surface area contributed by atoms with E-state index in [4.69, 9.17) is 0 Å². The summed E-state index contributed by atoms with van der Waals surface area (Å²) in [5.74, 6) is -0.314. The van der Waals surface area contributed by atoms with E-state index in [-0.39, 0.29) is 12.2 Å². The Morgan fingerprint density at radius 1 is 1.14 bits per heavy atom. The number of pyridine rings is 1. The predicted molar refractivity (Wildman–Crippen MR) is 84.5 cm³/mol. The molecule has 1 atom stereocenters. The third-order valence-electron chi connectivity index (χ3n) is 3.44. The highest BCUT2D eigenvalue weighted by molar-refractivity contribution is 9.10. The van der Waals surface area contributed by atoms with Gasteiger partial charge in [-0.25, -0.2) is 4.39 Å². The van der Waals surface area contributed by atoms with Crippen LogP contribution in [-0.4, -0.2) is 10.1 Å². The van der Waals surface area contributed by atoms with Gasteiger partial charge < -0.3 is 5.11 Å². The van der Waals surface area contributed by atoms with Crippen molar-refractivity contribution in [3.63, 3.8) is 0 Å². The van der Waals surface area contributed by atoms with Crippen LogP contribution in [0.25, 0.3) is 10.9 Å². The first-order chi connectivity index (χ1) is 10.1. The number of rotatable bonds is 3. The number of hydrogen-bond donors (Lipinski definition) is 1. The molecule has 0 amide bonds. The highest BCUT2D eigenvalue weighted by Gasteiger charge is 2.12. The maximum absolute atomic E-state index is 13.8. The summed E-state index contributed by atoms with van der Waals surface area (Å²) in [6, 6.07) is 14.3. The minimum atomic E-state index is -0.745. The van der Waals surface area contributed by atoms with E-state index in [9.17, 15) is 9.50 Å². The molecule has 0 fully saturated rings. The van der Waals surface area contributed by atoms with Gasteiger partial charge in [0.15, 0.2) is 0 Å². The van der Waals surface area contributed by atoms with Crippen molar-refractivity contribution in [2.75, 3.05) is 0 Å². The zero-order valence-electron chi connectivity index (χ0n) is 11.1. The fraction of sp³-hybridized carbons (Fsp3) is 0.118. The number of benzene rings is 2. The zero-order valence-corrected chi connectivity index (χ0v) is 12.7. The van der Waals surface area contributed by atoms with Gasteiger partial charge in [-0.2, -0.15) is 0 Å². The number of nitrogens with zero attached hydrogens (tertiary/aromatic N) is 1. The number of aliphatic hydroxyl groups is 1. The van der Waals surface area contributed by atoms with Crippen molar-refractivity contribution in [2.24, 2.45) is 0 Å². The second kappa shape index (κ2) is 5.92. The molecule has 3 rings (SSSR count). The summed E-state index contributed by atoms with van der Waals surface area (Å²) in [4.78, 5) is 4.24. The summed E-state index contributed by atoms with van der Waals surface area (Å²) in [6.07, 6.45) is 1.23. The van der Waals surface area contributed by atoms with Crippen molar-refractivity contribution in [1.82, 2.24) is 4.98 Å². The molecule has 21 heavy (non-hydrogen) atoms. The van der Waals surface area contributed by atoms with Crippen LogP contribution in [-0.2, 0) is 6.42 Å². The fourth-order valence-electron chi connectivity index (χ4n) is 2.31. The average molecular weight is 346 g/mol. The van der Waals surface area contributed by atoms with E-state index in [1.165, 1.54) is 6.07 Å². The minimum absolute atomic E-state index is 0.241. The van der Waals surface area contributed by atoms with E-state index in [1.54, 1.807) is 18.3 Å². The average Bonchev–Trinajstić information content (AvgIpc) is 2.49. The standard InChI is InChI=1S/C17H13BrFNO/c18-14-5-3-11(15(19)10-14)9-17(21)13-4-6-16-12(8-13)2-1-7-20-16/h1-8,10,17,21H,9H2. The lowest BCUT2D eigenvalue weighted by atomic mass is 9.99. The normalized spacial score (nSPS) is 12.5. The highest BCUT2D eigenvalue weighted by Crippen LogP contribution is 2.24. The molecule has 1 N–H and O–H groups in total. The summed E-state index contributed by atoms with van der Waals surface area (Å²) in [6.45, 7) is 0. The van der Waals surface area contributed by atoms with Gasteiger partial charge in [0.05, 0.1) is 11.6 Å².